The largest absolute Gasteiger partial charge is 0.466 e. The number of thiocarbonyl (C=S) groups is 1. The van der Waals surface area contributed by atoms with Crippen LogP contribution in [0.3, 0.4) is 0 Å². The Morgan fingerprint density at radius 2 is 1.93 bits per heavy atom. The molecule has 0 unspecified atom stereocenters. The highest BCUT2D eigenvalue weighted by molar-refractivity contribution is 7.93. The molecule has 9 nitrogen and oxygen atoms in total. The number of carbonyl (C=O) groups excluding carboxylic acids is 2. The molecule has 0 aliphatic carbocycles. The van der Waals surface area contributed by atoms with Gasteiger partial charge in [0.15, 0.2) is 10.2 Å². The van der Waals surface area contributed by atoms with Crippen molar-refractivity contribution < 1.29 is 22.7 Å². The van der Waals surface area contributed by atoms with Crippen LogP contribution < -0.4 is 15.4 Å². The first-order valence-corrected chi connectivity index (χ1v) is 10.9. The quantitative estimate of drug-likeness (QED) is 0.419. The van der Waals surface area contributed by atoms with Gasteiger partial charge in [-0.2, -0.15) is 0 Å². The first kappa shape index (κ1) is 21.7. The van der Waals surface area contributed by atoms with E-state index in [1.54, 1.807) is 12.3 Å². The highest BCUT2D eigenvalue weighted by Gasteiger charge is 2.15. The van der Waals surface area contributed by atoms with Crippen molar-refractivity contribution in [2.45, 2.75) is 24.7 Å². The van der Waals surface area contributed by atoms with Crippen molar-refractivity contribution in [3.63, 3.8) is 0 Å². The third-order valence-electron chi connectivity index (χ3n) is 3.19. The molecule has 12 heteroatoms. The monoisotopic (exact) mass is 442 g/mol. The first-order valence-electron chi connectivity index (χ1n) is 8.09. The number of benzene rings is 1. The summed E-state index contributed by atoms with van der Waals surface area (Å²) in [5, 5.41) is 7.17. The lowest BCUT2D eigenvalue weighted by Crippen LogP contribution is -2.34. The molecule has 150 valence electrons. The van der Waals surface area contributed by atoms with E-state index in [2.05, 4.69) is 20.3 Å². The van der Waals surface area contributed by atoms with Crippen molar-refractivity contribution in [2.24, 2.45) is 0 Å². The van der Waals surface area contributed by atoms with Gasteiger partial charge in [0.05, 0.1) is 17.9 Å². The Kier molecular flexibility index (Phi) is 7.84. The summed E-state index contributed by atoms with van der Waals surface area (Å²) in [5.41, 5.74) is 0.490. The van der Waals surface area contributed by atoms with Gasteiger partial charge < -0.3 is 15.4 Å². The van der Waals surface area contributed by atoms with Crippen LogP contribution in [0.4, 0.5) is 10.8 Å². The second-order valence-corrected chi connectivity index (χ2v) is 8.26. The molecule has 1 aromatic carbocycles. The van der Waals surface area contributed by atoms with Gasteiger partial charge in [-0.05, 0) is 43.4 Å². The van der Waals surface area contributed by atoms with E-state index >= 15 is 0 Å². The second-order valence-electron chi connectivity index (χ2n) is 5.27. The van der Waals surface area contributed by atoms with Gasteiger partial charge in [0, 0.05) is 23.7 Å². The van der Waals surface area contributed by atoms with Crippen molar-refractivity contribution >= 4 is 61.4 Å². The summed E-state index contributed by atoms with van der Waals surface area (Å²) in [6.07, 6.45) is 1.40. The molecule has 1 amide bonds. The van der Waals surface area contributed by atoms with Crippen LogP contribution in [-0.2, 0) is 24.3 Å². The van der Waals surface area contributed by atoms with Crippen LogP contribution in [0.5, 0.6) is 0 Å². The van der Waals surface area contributed by atoms with Crippen molar-refractivity contribution in [1.29, 1.82) is 0 Å². The van der Waals surface area contributed by atoms with Crippen molar-refractivity contribution in [2.75, 3.05) is 16.6 Å². The van der Waals surface area contributed by atoms with E-state index in [-0.39, 0.29) is 34.6 Å². The van der Waals surface area contributed by atoms with Gasteiger partial charge in [-0.1, -0.05) is 0 Å². The molecule has 28 heavy (non-hydrogen) atoms. The Morgan fingerprint density at radius 3 is 2.54 bits per heavy atom. The van der Waals surface area contributed by atoms with Crippen LogP contribution >= 0.6 is 23.6 Å². The van der Waals surface area contributed by atoms with Gasteiger partial charge in [0.1, 0.15) is 0 Å². The average molecular weight is 443 g/mol. The molecule has 0 spiro atoms. The zero-order chi connectivity index (χ0) is 20.6. The fourth-order valence-corrected chi connectivity index (χ4v) is 3.99. The Balaban J connectivity index is 1.87. The van der Waals surface area contributed by atoms with Gasteiger partial charge in [-0.15, -0.1) is 11.3 Å². The summed E-state index contributed by atoms with van der Waals surface area (Å²) in [7, 11) is -3.74. The fraction of sp³-hybridized carbons (Fsp3) is 0.250. The Labute approximate surface area is 171 Å². The number of nitrogens with zero attached hydrogens (tertiary/aromatic N) is 1. The van der Waals surface area contributed by atoms with Crippen LogP contribution in [0, 0.1) is 0 Å². The summed E-state index contributed by atoms with van der Waals surface area (Å²) in [5.74, 6) is -0.892. The summed E-state index contributed by atoms with van der Waals surface area (Å²) in [6.45, 7) is 1.94. The van der Waals surface area contributed by atoms with Crippen molar-refractivity contribution in [3.8, 4) is 0 Å². The maximum Gasteiger partial charge on any atom is 0.306 e. The maximum absolute atomic E-state index is 12.3. The number of amides is 1. The second kappa shape index (κ2) is 10.1. The minimum Gasteiger partial charge on any atom is -0.466 e. The van der Waals surface area contributed by atoms with E-state index < -0.39 is 21.9 Å². The zero-order valence-corrected chi connectivity index (χ0v) is 17.2. The molecule has 2 aromatic rings. The normalized spacial score (nSPS) is 10.8. The fourth-order valence-electron chi connectivity index (χ4n) is 1.97. The Morgan fingerprint density at radius 1 is 1.21 bits per heavy atom. The molecule has 0 aliphatic heterocycles. The third kappa shape index (κ3) is 6.87. The molecule has 0 bridgehead atoms. The lowest BCUT2D eigenvalue weighted by atomic mass is 10.3. The highest BCUT2D eigenvalue weighted by atomic mass is 32.2. The minimum absolute atomic E-state index is 0.0328. The van der Waals surface area contributed by atoms with E-state index in [0.717, 1.165) is 0 Å². The molecule has 0 atom stereocenters. The third-order valence-corrected chi connectivity index (χ3v) is 5.57. The van der Waals surface area contributed by atoms with Crippen LogP contribution in [0.15, 0.2) is 40.7 Å². The highest BCUT2D eigenvalue weighted by Crippen LogP contribution is 2.19. The Hall–Kier alpha value is -2.57. The van der Waals surface area contributed by atoms with E-state index in [9.17, 15) is 18.0 Å². The predicted octanol–water partition coefficient (Wildman–Crippen LogP) is 2.10. The molecular formula is C16H18N4O5S3. The number of esters is 1. The van der Waals surface area contributed by atoms with E-state index in [1.165, 1.54) is 41.8 Å². The number of thiazole rings is 1. The number of anilines is 2. The first-order chi connectivity index (χ1) is 13.3. The minimum atomic E-state index is -3.74. The van der Waals surface area contributed by atoms with Gasteiger partial charge >= 0.3 is 5.97 Å². The summed E-state index contributed by atoms with van der Waals surface area (Å²) < 4.78 is 31.6. The number of sulfonamides is 1. The number of hydrogen-bond donors (Lipinski definition) is 3. The summed E-state index contributed by atoms with van der Waals surface area (Å²) in [6, 6.07) is 5.80. The molecule has 0 fully saturated rings. The summed E-state index contributed by atoms with van der Waals surface area (Å²) in [4.78, 5) is 26.9. The lowest BCUT2D eigenvalue weighted by molar-refractivity contribution is -0.144. The molecule has 0 radical (unpaired) electrons. The van der Waals surface area contributed by atoms with Gasteiger partial charge in [0.2, 0.25) is 5.91 Å². The molecule has 3 N–H and O–H groups in total. The van der Waals surface area contributed by atoms with E-state index in [1.807, 2.05) is 0 Å². The van der Waals surface area contributed by atoms with Crippen LogP contribution in [0.2, 0.25) is 0 Å². The molecule has 0 aliphatic rings. The smallest absolute Gasteiger partial charge is 0.306 e. The number of carbonyl (C=O) groups is 2. The Bertz CT molecular complexity index is 928. The molecule has 0 saturated carbocycles. The van der Waals surface area contributed by atoms with Crippen molar-refractivity contribution in [1.82, 2.24) is 10.3 Å². The van der Waals surface area contributed by atoms with Crippen LogP contribution in [-0.4, -0.2) is 37.0 Å². The molecule has 2 rings (SSSR count). The van der Waals surface area contributed by atoms with E-state index in [4.69, 9.17) is 17.0 Å². The zero-order valence-electron chi connectivity index (χ0n) is 14.8. The van der Waals surface area contributed by atoms with Gasteiger partial charge in [-0.3, -0.25) is 14.3 Å². The maximum atomic E-state index is 12.3. The van der Waals surface area contributed by atoms with Crippen molar-refractivity contribution in [3.05, 3.63) is 35.8 Å². The summed E-state index contributed by atoms with van der Waals surface area (Å²) >= 11 is 6.20. The molecular weight excluding hydrogens is 424 g/mol. The lowest BCUT2D eigenvalue weighted by Gasteiger charge is -2.10. The topological polar surface area (TPSA) is 126 Å². The molecule has 1 heterocycles. The van der Waals surface area contributed by atoms with Crippen LogP contribution in [0.25, 0.3) is 0 Å². The predicted molar refractivity (Wildman–Crippen MR) is 110 cm³/mol. The standard InChI is InChI=1S/C16H18N4O5S3/c1-2-25-14(22)8-7-13(21)19-15(26)18-11-3-5-12(6-4-11)28(23,24)20-16-17-9-10-27-16/h3-6,9-10H,2,7-8H2,1H3,(H,17,20)(H2,18,19,21,26). The SMILES string of the molecule is CCOC(=O)CCC(=O)NC(=S)Nc1ccc(S(=O)(=O)Nc2nccs2)cc1. The number of nitrogens with one attached hydrogen (secondary N) is 3. The molecule has 1 aromatic heterocycles. The van der Waals surface area contributed by atoms with Gasteiger partial charge in [0.25, 0.3) is 10.0 Å². The van der Waals surface area contributed by atoms with Crippen LogP contribution in [0.1, 0.15) is 19.8 Å². The molecule has 0 saturated heterocycles. The average Bonchev–Trinajstić information content (AvgIpc) is 3.13. The van der Waals surface area contributed by atoms with E-state index in [0.29, 0.717) is 5.69 Å². The number of rotatable bonds is 8. The van der Waals surface area contributed by atoms with Gasteiger partial charge in [-0.25, -0.2) is 13.4 Å². The number of aromatic nitrogens is 1. The number of hydrogen-bond acceptors (Lipinski definition) is 8. The number of ether oxygens (including phenoxy) is 1.